The summed E-state index contributed by atoms with van der Waals surface area (Å²) < 4.78 is 1.67. The van der Waals surface area contributed by atoms with Crippen LogP contribution in [0.15, 0.2) is 12.5 Å². The van der Waals surface area contributed by atoms with Crippen molar-refractivity contribution in [2.75, 3.05) is 0 Å². The maximum Gasteiger partial charge on any atom is 0.507 e. The molecule has 54 valence electrons. The fourth-order valence-electron chi connectivity index (χ4n) is 0.810. The van der Waals surface area contributed by atoms with Crippen molar-refractivity contribution < 1.29 is 10.0 Å². The molecule has 0 aliphatic rings. The lowest BCUT2D eigenvalue weighted by atomic mass is 9.87. The zero-order valence-corrected chi connectivity index (χ0v) is 5.73. The summed E-state index contributed by atoms with van der Waals surface area (Å²) in [6.45, 7) is 2.61. The van der Waals surface area contributed by atoms with Gasteiger partial charge in [-0.3, -0.25) is 0 Å². The van der Waals surface area contributed by atoms with Crippen LogP contribution in [0.4, 0.5) is 0 Å². The molecule has 0 radical (unpaired) electrons. The van der Waals surface area contributed by atoms with E-state index in [1.165, 1.54) is 6.20 Å². The highest BCUT2D eigenvalue weighted by atomic mass is 16.4. The van der Waals surface area contributed by atoms with Crippen LogP contribution in [-0.4, -0.2) is 26.7 Å². The molecular weight excluding hydrogens is 131 g/mol. The van der Waals surface area contributed by atoms with E-state index in [9.17, 15) is 0 Å². The van der Waals surface area contributed by atoms with Crippen LogP contribution in [0.1, 0.15) is 6.92 Å². The van der Waals surface area contributed by atoms with Crippen LogP contribution < -0.4 is 5.59 Å². The third-order valence-electron chi connectivity index (χ3n) is 1.35. The standard InChI is InChI=1S/C5H9BN2O2/c1-2-8-4-7-3-5(8)6(9)10/h3-4,9-10H,2H2,1H3. The van der Waals surface area contributed by atoms with Crippen LogP contribution >= 0.6 is 0 Å². The van der Waals surface area contributed by atoms with Gasteiger partial charge in [-0.2, -0.15) is 0 Å². The highest BCUT2D eigenvalue weighted by molar-refractivity contribution is 6.57. The molecule has 2 N–H and O–H groups in total. The Balaban J connectivity index is 2.90. The van der Waals surface area contributed by atoms with Gasteiger partial charge in [0.15, 0.2) is 0 Å². The molecule has 0 saturated heterocycles. The van der Waals surface area contributed by atoms with Crippen LogP contribution in [-0.2, 0) is 6.54 Å². The number of nitrogens with zero attached hydrogens (tertiary/aromatic N) is 2. The Hall–Kier alpha value is -0.805. The number of aromatic nitrogens is 2. The van der Waals surface area contributed by atoms with Crippen molar-refractivity contribution in [3.63, 3.8) is 0 Å². The molecule has 0 aromatic carbocycles. The Morgan fingerprint density at radius 3 is 2.80 bits per heavy atom. The number of hydrogen-bond acceptors (Lipinski definition) is 3. The number of imidazole rings is 1. The van der Waals surface area contributed by atoms with Crippen molar-refractivity contribution in [3.8, 4) is 0 Å². The molecule has 10 heavy (non-hydrogen) atoms. The van der Waals surface area contributed by atoms with Crippen molar-refractivity contribution >= 4 is 12.7 Å². The number of hydrogen-bond donors (Lipinski definition) is 2. The lowest BCUT2D eigenvalue weighted by molar-refractivity contribution is 0.422. The fourth-order valence-corrected chi connectivity index (χ4v) is 0.810. The minimum atomic E-state index is -1.41. The first-order valence-electron chi connectivity index (χ1n) is 3.12. The molecule has 0 spiro atoms. The summed E-state index contributed by atoms with van der Waals surface area (Å²) in [6.07, 6.45) is 3.00. The SMILES string of the molecule is CCn1cncc1B(O)O. The Morgan fingerprint density at radius 1 is 1.70 bits per heavy atom. The first-order chi connectivity index (χ1) is 4.75. The topological polar surface area (TPSA) is 58.3 Å². The van der Waals surface area contributed by atoms with Crippen LogP contribution in [0.25, 0.3) is 0 Å². The van der Waals surface area contributed by atoms with Gasteiger partial charge >= 0.3 is 7.12 Å². The highest BCUT2D eigenvalue weighted by Gasteiger charge is 2.14. The summed E-state index contributed by atoms with van der Waals surface area (Å²) in [4.78, 5) is 3.76. The van der Waals surface area contributed by atoms with Gasteiger partial charge < -0.3 is 14.6 Å². The summed E-state index contributed by atoms with van der Waals surface area (Å²) in [7, 11) is -1.41. The van der Waals surface area contributed by atoms with Crippen molar-refractivity contribution in [3.05, 3.63) is 12.5 Å². The van der Waals surface area contributed by atoms with Crippen LogP contribution in [0.3, 0.4) is 0 Å². The molecule has 4 nitrogen and oxygen atoms in total. The van der Waals surface area contributed by atoms with E-state index >= 15 is 0 Å². The lowest BCUT2D eigenvalue weighted by Crippen LogP contribution is -2.35. The molecule has 0 atom stereocenters. The van der Waals surface area contributed by atoms with Gasteiger partial charge in [-0.1, -0.05) is 0 Å². The zero-order chi connectivity index (χ0) is 7.56. The van der Waals surface area contributed by atoms with Crippen molar-refractivity contribution in [1.29, 1.82) is 0 Å². The quantitative estimate of drug-likeness (QED) is 0.495. The summed E-state index contributed by atoms with van der Waals surface area (Å²) in [6, 6.07) is 0. The van der Waals surface area contributed by atoms with Crippen LogP contribution in [0.2, 0.25) is 0 Å². The van der Waals surface area contributed by atoms with Crippen molar-refractivity contribution in [2.24, 2.45) is 0 Å². The number of rotatable bonds is 2. The van der Waals surface area contributed by atoms with Gasteiger partial charge in [0, 0.05) is 12.7 Å². The first-order valence-corrected chi connectivity index (χ1v) is 3.12. The molecule has 5 heteroatoms. The molecule has 1 aromatic rings. The predicted octanol–water partition coefficient (Wildman–Crippen LogP) is -1.42. The van der Waals surface area contributed by atoms with E-state index in [0.717, 1.165) is 0 Å². The van der Waals surface area contributed by atoms with Crippen molar-refractivity contribution in [2.45, 2.75) is 13.5 Å². The molecular formula is C5H9BN2O2. The van der Waals surface area contributed by atoms with Gasteiger partial charge in [-0.25, -0.2) is 4.98 Å². The zero-order valence-electron chi connectivity index (χ0n) is 5.73. The molecule has 0 aliphatic carbocycles. The minimum absolute atomic E-state index is 0.433. The van der Waals surface area contributed by atoms with Crippen molar-refractivity contribution in [1.82, 2.24) is 9.55 Å². The van der Waals surface area contributed by atoms with Gasteiger partial charge in [0.1, 0.15) is 0 Å². The molecule has 1 heterocycles. The van der Waals surface area contributed by atoms with E-state index < -0.39 is 7.12 Å². The van der Waals surface area contributed by atoms with Crippen LogP contribution in [0.5, 0.6) is 0 Å². The van der Waals surface area contributed by atoms with E-state index in [-0.39, 0.29) is 0 Å². The van der Waals surface area contributed by atoms with Gasteiger partial charge in [0.2, 0.25) is 0 Å². The third-order valence-corrected chi connectivity index (χ3v) is 1.35. The molecule has 0 fully saturated rings. The van der Waals surface area contributed by atoms with Gasteiger partial charge in [-0.05, 0) is 6.92 Å². The third kappa shape index (κ3) is 1.20. The predicted molar refractivity (Wildman–Crippen MR) is 37.7 cm³/mol. The van der Waals surface area contributed by atoms with Gasteiger partial charge in [-0.15, -0.1) is 0 Å². The van der Waals surface area contributed by atoms with E-state index in [4.69, 9.17) is 10.0 Å². The maximum atomic E-state index is 8.72. The Bertz CT molecular complexity index is 211. The number of aryl methyl sites for hydroxylation is 1. The first kappa shape index (κ1) is 7.30. The average Bonchev–Trinajstić information content (AvgIpc) is 2.33. The highest BCUT2D eigenvalue weighted by Crippen LogP contribution is 1.83. The maximum absolute atomic E-state index is 8.72. The Morgan fingerprint density at radius 2 is 2.40 bits per heavy atom. The summed E-state index contributed by atoms with van der Waals surface area (Å²) in [5.41, 5.74) is 0.433. The molecule has 0 bridgehead atoms. The molecule has 0 amide bonds. The Labute approximate surface area is 59.3 Å². The second kappa shape index (κ2) is 2.85. The Kier molecular flexibility index (Phi) is 2.08. The summed E-state index contributed by atoms with van der Waals surface area (Å²) in [5, 5.41) is 17.4. The largest absolute Gasteiger partial charge is 0.507 e. The molecule has 0 saturated carbocycles. The normalized spacial score (nSPS) is 9.90. The smallest absolute Gasteiger partial charge is 0.422 e. The molecule has 0 unspecified atom stereocenters. The summed E-state index contributed by atoms with van der Waals surface area (Å²) >= 11 is 0. The molecule has 1 rings (SSSR count). The van der Waals surface area contributed by atoms with Gasteiger partial charge in [0.25, 0.3) is 0 Å². The van der Waals surface area contributed by atoms with E-state index in [1.807, 2.05) is 6.92 Å². The summed E-state index contributed by atoms with van der Waals surface area (Å²) in [5.74, 6) is 0. The molecule has 1 aromatic heterocycles. The van der Waals surface area contributed by atoms with Gasteiger partial charge in [0.05, 0.1) is 11.9 Å². The van der Waals surface area contributed by atoms with E-state index in [1.54, 1.807) is 10.9 Å². The minimum Gasteiger partial charge on any atom is -0.422 e. The van der Waals surface area contributed by atoms with E-state index in [2.05, 4.69) is 4.98 Å². The van der Waals surface area contributed by atoms with Crippen LogP contribution in [0, 0.1) is 0 Å². The molecule has 0 aliphatic heterocycles. The lowest BCUT2D eigenvalue weighted by Gasteiger charge is -2.01. The fraction of sp³-hybridized carbons (Fsp3) is 0.400. The second-order valence-corrected chi connectivity index (χ2v) is 1.98. The monoisotopic (exact) mass is 140 g/mol. The average molecular weight is 140 g/mol. The second-order valence-electron chi connectivity index (χ2n) is 1.98. The van der Waals surface area contributed by atoms with E-state index in [0.29, 0.717) is 12.1 Å².